The van der Waals surface area contributed by atoms with Crippen LogP contribution in [0.15, 0.2) is 48.7 Å². The van der Waals surface area contributed by atoms with E-state index in [1.807, 2.05) is 5.32 Å². The summed E-state index contributed by atoms with van der Waals surface area (Å²) in [5.41, 5.74) is 12.1. The van der Waals surface area contributed by atoms with Gasteiger partial charge in [0.15, 0.2) is 23.1 Å². The second-order valence-electron chi connectivity index (χ2n) is 7.26. The topological polar surface area (TPSA) is 232 Å². The van der Waals surface area contributed by atoms with Gasteiger partial charge in [-0.05, 0) is 12.1 Å². The van der Waals surface area contributed by atoms with E-state index in [0.29, 0.717) is 17.7 Å². The third kappa shape index (κ3) is 6.51. The summed E-state index contributed by atoms with van der Waals surface area (Å²) in [6.07, 6.45) is 0.732. The van der Waals surface area contributed by atoms with Gasteiger partial charge in [0.2, 0.25) is 0 Å². The van der Waals surface area contributed by atoms with Crippen LogP contribution in [0.5, 0.6) is 0 Å². The Morgan fingerprint density at radius 3 is 2.16 bits per heavy atom. The first kappa shape index (κ1) is 26.9. The number of benzene rings is 1. The van der Waals surface area contributed by atoms with Crippen LogP contribution in [-0.2, 0) is 16.1 Å². The van der Waals surface area contributed by atoms with Gasteiger partial charge in [-0.3, -0.25) is 5.32 Å². The van der Waals surface area contributed by atoms with Crippen LogP contribution in [-0.4, -0.2) is 58.1 Å². The number of pyridine rings is 1. The first-order valence-electron chi connectivity index (χ1n) is 10.3. The number of carboxylic acid groups (broad SMARTS) is 3. The number of nitrogen functional groups attached to an aromatic ring is 2. The average Bonchev–Trinajstić information content (AvgIpc) is 3.19. The molecule has 0 saturated carbocycles. The number of carboxylic acids is 2. The Morgan fingerprint density at radius 2 is 1.61 bits per heavy atom. The molecular weight excluding hydrogens is 510 g/mol. The summed E-state index contributed by atoms with van der Waals surface area (Å²) < 4.78 is 29.3. The molecule has 0 unspecified atom stereocenters. The summed E-state index contributed by atoms with van der Waals surface area (Å²) in [5, 5.41) is 31.1. The molecule has 0 aliphatic rings. The number of halogens is 2. The van der Waals surface area contributed by atoms with E-state index in [-0.39, 0.29) is 46.4 Å². The number of aliphatic carboxylic acids is 2. The van der Waals surface area contributed by atoms with E-state index in [1.165, 1.54) is 16.8 Å². The van der Waals surface area contributed by atoms with E-state index in [9.17, 15) is 23.2 Å². The Labute approximate surface area is 210 Å². The van der Waals surface area contributed by atoms with Crippen LogP contribution in [0.1, 0.15) is 5.56 Å². The van der Waals surface area contributed by atoms with Crippen molar-refractivity contribution in [3.05, 3.63) is 65.9 Å². The van der Waals surface area contributed by atoms with Crippen LogP contribution < -0.4 is 16.8 Å². The van der Waals surface area contributed by atoms with Crippen molar-refractivity contribution in [2.24, 2.45) is 0 Å². The molecule has 196 valence electrons. The zero-order chi connectivity index (χ0) is 28.0. The van der Waals surface area contributed by atoms with Crippen LogP contribution >= 0.6 is 0 Å². The second-order valence-corrected chi connectivity index (χ2v) is 7.26. The number of amides is 1. The molecule has 8 N–H and O–H groups in total. The molecule has 0 aliphatic carbocycles. The lowest BCUT2D eigenvalue weighted by Crippen LogP contribution is -2.14. The maximum absolute atomic E-state index is 14.1. The molecule has 0 radical (unpaired) electrons. The van der Waals surface area contributed by atoms with Gasteiger partial charge < -0.3 is 26.8 Å². The van der Waals surface area contributed by atoms with Crippen molar-refractivity contribution >= 4 is 46.4 Å². The lowest BCUT2D eigenvalue weighted by Gasteiger charge is -2.08. The molecule has 16 heteroatoms. The number of hydrogen-bond acceptors (Lipinski definition) is 9. The first-order chi connectivity index (χ1) is 18.0. The predicted molar refractivity (Wildman–Crippen MR) is 129 cm³/mol. The molecule has 0 aliphatic heterocycles. The van der Waals surface area contributed by atoms with Crippen molar-refractivity contribution in [1.29, 1.82) is 0 Å². The zero-order valence-corrected chi connectivity index (χ0v) is 19.0. The van der Waals surface area contributed by atoms with Crippen molar-refractivity contribution in [3.8, 4) is 11.5 Å². The summed E-state index contributed by atoms with van der Waals surface area (Å²) in [5.74, 6) is -4.11. The fourth-order valence-corrected chi connectivity index (χ4v) is 3.08. The maximum atomic E-state index is 14.1. The van der Waals surface area contributed by atoms with Crippen LogP contribution in [0.25, 0.3) is 22.6 Å². The van der Waals surface area contributed by atoms with Crippen LogP contribution in [0, 0.1) is 11.6 Å². The highest BCUT2D eigenvalue weighted by atomic mass is 19.1. The quantitative estimate of drug-likeness (QED) is 0.198. The molecule has 1 aromatic carbocycles. The standard InChI is InChI=1S/C18H14F2N8O2.C4H4O4/c19-9-5-10-12(16-25-14(21)13(15(22)26-16)24-18(29)30)27-28(17(10)23-6-9)7-8-3-1-2-4-11(8)20;5-3(6)1-2-4(7)8/h1-6,24H,7H2,(H,29,30)(H4,21,22,25,26);1-2H,(H,5,6)(H,7,8)/b;2-1-. The number of anilines is 3. The third-order valence-electron chi connectivity index (χ3n) is 4.61. The summed E-state index contributed by atoms with van der Waals surface area (Å²) in [6.45, 7) is 0.0193. The smallest absolute Gasteiger partial charge is 0.409 e. The molecule has 1 amide bonds. The van der Waals surface area contributed by atoms with Crippen molar-refractivity contribution in [3.63, 3.8) is 0 Å². The SMILES string of the molecule is Nc1nc(-c2nn(Cc3ccccc3F)c3ncc(F)cc23)nc(N)c1NC(=O)O.O=C(O)/C=C\C(=O)O. The van der Waals surface area contributed by atoms with Gasteiger partial charge in [-0.1, -0.05) is 18.2 Å². The number of aromatic nitrogens is 5. The number of fused-ring (bicyclic) bond motifs is 1. The molecule has 4 rings (SSSR count). The Balaban J connectivity index is 0.000000436. The van der Waals surface area contributed by atoms with Gasteiger partial charge in [-0.25, -0.2) is 42.8 Å². The monoisotopic (exact) mass is 528 g/mol. The lowest BCUT2D eigenvalue weighted by atomic mass is 10.2. The second kappa shape index (κ2) is 11.4. The van der Waals surface area contributed by atoms with Crippen molar-refractivity contribution in [1.82, 2.24) is 24.7 Å². The molecule has 0 bridgehead atoms. The van der Waals surface area contributed by atoms with Crippen molar-refractivity contribution in [2.75, 3.05) is 16.8 Å². The molecule has 14 nitrogen and oxygen atoms in total. The van der Waals surface area contributed by atoms with Crippen LogP contribution in [0.2, 0.25) is 0 Å². The number of nitrogens with zero attached hydrogens (tertiary/aromatic N) is 5. The normalized spacial score (nSPS) is 10.7. The largest absolute Gasteiger partial charge is 0.478 e. The summed E-state index contributed by atoms with van der Waals surface area (Å²) in [7, 11) is 0. The van der Waals surface area contributed by atoms with E-state index in [4.69, 9.17) is 26.8 Å². The van der Waals surface area contributed by atoms with Gasteiger partial charge in [0.05, 0.1) is 18.1 Å². The fraction of sp³-hybridized carbons (Fsp3) is 0.0455. The number of carbonyl (C=O) groups is 3. The molecule has 38 heavy (non-hydrogen) atoms. The maximum Gasteiger partial charge on any atom is 0.409 e. The Hall–Kier alpha value is -5.67. The first-order valence-corrected chi connectivity index (χ1v) is 10.3. The third-order valence-corrected chi connectivity index (χ3v) is 4.61. The van der Waals surface area contributed by atoms with Gasteiger partial charge in [-0.2, -0.15) is 5.10 Å². The minimum absolute atomic E-state index is 0.0193. The minimum atomic E-state index is -1.39. The van der Waals surface area contributed by atoms with E-state index in [1.54, 1.807) is 18.2 Å². The molecule has 0 spiro atoms. The molecule has 0 atom stereocenters. The lowest BCUT2D eigenvalue weighted by molar-refractivity contribution is -0.134. The number of rotatable bonds is 6. The Kier molecular flexibility index (Phi) is 8.06. The number of nitrogens with one attached hydrogen (secondary N) is 1. The molecule has 0 fully saturated rings. The van der Waals surface area contributed by atoms with Gasteiger partial charge in [-0.15, -0.1) is 0 Å². The molecule has 3 heterocycles. The molecule has 4 aromatic rings. The molecule has 3 aromatic heterocycles. The Morgan fingerprint density at radius 1 is 1.00 bits per heavy atom. The highest BCUT2D eigenvalue weighted by Gasteiger charge is 2.20. The minimum Gasteiger partial charge on any atom is -0.478 e. The molecular formula is C22H18F2N8O6. The van der Waals surface area contributed by atoms with E-state index in [2.05, 4.69) is 20.1 Å². The van der Waals surface area contributed by atoms with Gasteiger partial charge in [0.25, 0.3) is 0 Å². The van der Waals surface area contributed by atoms with E-state index < -0.39 is 29.7 Å². The summed E-state index contributed by atoms with van der Waals surface area (Å²) in [6, 6.07) is 7.32. The van der Waals surface area contributed by atoms with Crippen LogP contribution in [0.4, 0.5) is 30.9 Å². The van der Waals surface area contributed by atoms with E-state index in [0.717, 1.165) is 6.20 Å². The van der Waals surface area contributed by atoms with Gasteiger partial charge in [0, 0.05) is 17.7 Å². The zero-order valence-electron chi connectivity index (χ0n) is 19.0. The van der Waals surface area contributed by atoms with Crippen molar-refractivity contribution < 1.29 is 38.5 Å². The van der Waals surface area contributed by atoms with Gasteiger partial charge in [0.1, 0.15) is 23.0 Å². The summed E-state index contributed by atoms with van der Waals surface area (Å²) in [4.78, 5) is 42.1. The fourth-order valence-electron chi connectivity index (χ4n) is 3.08. The van der Waals surface area contributed by atoms with Crippen molar-refractivity contribution in [2.45, 2.75) is 6.54 Å². The van der Waals surface area contributed by atoms with Crippen LogP contribution in [0.3, 0.4) is 0 Å². The molecule has 0 saturated heterocycles. The number of nitrogens with two attached hydrogens (primary N) is 2. The average molecular weight is 528 g/mol. The number of hydrogen-bond donors (Lipinski definition) is 6. The Bertz CT molecular complexity index is 1530. The van der Waals surface area contributed by atoms with E-state index >= 15 is 0 Å². The highest BCUT2D eigenvalue weighted by molar-refractivity contribution is 5.94. The predicted octanol–water partition coefficient (Wildman–Crippen LogP) is 2.18. The summed E-state index contributed by atoms with van der Waals surface area (Å²) >= 11 is 0. The van der Waals surface area contributed by atoms with Gasteiger partial charge >= 0.3 is 18.0 Å². The highest BCUT2D eigenvalue weighted by Crippen LogP contribution is 2.30.